The maximum Gasteiger partial charge on any atom is 0.311 e. The van der Waals surface area contributed by atoms with Crippen LogP contribution in [0.4, 0.5) is 5.69 Å². The highest BCUT2D eigenvalue weighted by atomic mass is 28.4. The Morgan fingerprint density at radius 1 is 0.592 bits per heavy atom. The molecule has 0 bridgehead atoms. The summed E-state index contributed by atoms with van der Waals surface area (Å²) in [6.45, 7) is 13.6. The molecule has 254 valence electrons. The molecule has 8 heteroatoms. The molecule has 0 heterocycles. The zero-order valence-corrected chi connectivity index (χ0v) is 31.6. The van der Waals surface area contributed by atoms with E-state index >= 15 is 0 Å². The lowest BCUT2D eigenvalue weighted by Gasteiger charge is -2.47. The number of nitrogens with zero attached hydrogens (tertiary/aromatic N) is 1. The van der Waals surface area contributed by atoms with Crippen LogP contribution in [0.5, 0.6) is 5.75 Å². The van der Waals surface area contributed by atoms with E-state index in [1.165, 1.54) is 13.2 Å². The van der Waals surface area contributed by atoms with E-state index < -0.39 is 27.7 Å². The Labute approximate surface area is 293 Å². The van der Waals surface area contributed by atoms with Crippen molar-refractivity contribution in [3.8, 4) is 5.75 Å². The molecular weight excluding hydrogens is 643 g/mol. The van der Waals surface area contributed by atoms with Gasteiger partial charge in [0.15, 0.2) is 0 Å². The SMILES string of the molecule is COc1c([C@@H](CO[Si](c2ccccc2)(c2ccccc2)C(C)(C)C)O[Si](c2ccccc2)(c2ccccc2)C(C)(C)C)cccc1[N+](=O)[O-]. The molecule has 0 aliphatic carbocycles. The zero-order chi connectivity index (χ0) is 35.3. The molecular formula is C41H47NO5Si2. The average Bonchev–Trinajstić information content (AvgIpc) is 3.10. The molecule has 0 saturated heterocycles. The first-order chi connectivity index (χ1) is 23.4. The van der Waals surface area contributed by atoms with Gasteiger partial charge in [0.25, 0.3) is 16.6 Å². The van der Waals surface area contributed by atoms with Crippen molar-refractivity contribution in [1.29, 1.82) is 0 Å². The molecule has 0 amide bonds. The summed E-state index contributed by atoms with van der Waals surface area (Å²) < 4.78 is 21.1. The maximum absolute atomic E-state index is 12.3. The molecule has 0 spiro atoms. The fourth-order valence-electron chi connectivity index (χ4n) is 7.22. The number of nitro benzene ring substituents is 1. The smallest absolute Gasteiger partial charge is 0.311 e. The van der Waals surface area contributed by atoms with Gasteiger partial charge in [0.05, 0.1) is 24.7 Å². The molecule has 0 N–H and O–H groups in total. The summed E-state index contributed by atoms with van der Waals surface area (Å²) >= 11 is 0. The van der Waals surface area contributed by atoms with E-state index in [0.717, 1.165) is 20.7 Å². The Balaban J connectivity index is 1.79. The topological polar surface area (TPSA) is 70.8 Å². The standard InChI is InChI=1S/C41H47NO5Si2/c1-40(2,3)48(32-21-12-8-13-22-32,33-23-14-9-15-24-33)46-31-38(36-29-20-30-37(42(43)44)39(36)45-7)47-49(41(4,5)6,34-25-16-10-17-26-34)35-27-18-11-19-28-35/h8-30,38H,31H2,1-7H3/t38-/m1/s1. The molecule has 0 fully saturated rings. The molecule has 5 rings (SSSR count). The van der Waals surface area contributed by atoms with Crippen LogP contribution in [0.25, 0.3) is 0 Å². The van der Waals surface area contributed by atoms with Gasteiger partial charge < -0.3 is 13.6 Å². The van der Waals surface area contributed by atoms with Gasteiger partial charge in [-0.25, -0.2) is 0 Å². The molecule has 49 heavy (non-hydrogen) atoms. The monoisotopic (exact) mass is 689 g/mol. The average molecular weight is 690 g/mol. The van der Waals surface area contributed by atoms with Crippen LogP contribution in [0.15, 0.2) is 140 Å². The van der Waals surface area contributed by atoms with Crippen molar-refractivity contribution < 1.29 is 18.5 Å². The Morgan fingerprint density at radius 2 is 0.980 bits per heavy atom. The van der Waals surface area contributed by atoms with Crippen LogP contribution in [0.3, 0.4) is 0 Å². The third-order valence-electron chi connectivity index (χ3n) is 9.38. The van der Waals surface area contributed by atoms with Gasteiger partial charge in [-0.05, 0) is 30.8 Å². The number of nitro groups is 1. The summed E-state index contributed by atoms with van der Waals surface area (Å²) in [5.74, 6) is 0.182. The van der Waals surface area contributed by atoms with Crippen LogP contribution < -0.4 is 25.5 Å². The molecule has 5 aromatic carbocycles. The van der Waals surface area contributed by atoms with Crippen LogP contribution in [0, 0.1) is 10.1 Å². The highest BCUT2D eigenvalue weighted by molar-refractivity contribution is 7.00. The Bertz CT molecular complexity index is 1740. The molecule has 5 aromatic rings. The Kier molecular flexibility index (Phi) is 10.7. The number of methoxy groups -OCH3 is 1. The summed E-state index contributed by atoms with van der Waals surface area (Å²) in [5, 5.41) is 16.2. The van der Waals surface area contributed by atoms with Crippen LogP contribution in [0.1, 0.15) is 53.2 Å². The van der Waals surface area contributed by atoms with E-state index in [4.69, 9.17) is 13.6 Å². The van der Waals surface area contributed by atoms with Crippen molar-refractivity contribution in [2.45, 2.75) is 57.7 Å². The lowest BCUT2D eigenvalue weighted by atomic mass is 10.1. The van der Waals surface area contributed by atoms with Gasteiger partial charge in [-0.3, -0.25) is 10.1 Å². The molecule has 1 atom stereocenters. The summed E-state index contributed by atoms with van der Waals surface area (Å²) in [6, 6.07) is 46.9. The highest BCUT2D eigenvalue weighted by Gasteiger charge is 2.54. The third kappa shape index (κ3) is 6.92. The van der Waals surface area contributed by atoms with Gasteiger partial charge >= 0.3 is 5.69 Å². The highest BCUT2D eigenvalue weighted by Crippen LogP contribution is 2.44. The summed E-state index contributed by atoms with van der Waals surface area (Å²) in [6.07, 6.45) is -0.720. The third-order valence-corrected chi connectivity index (χ3v) is 19.4. The van der Waals surface area contributed by atoms with Crippen LogP contribution in [0.2, 0.25) is 10.1 Å². The van der Waals surface area contributed by atoms with Crippen molar-refractivity contribution >= 4 is 43.1 Å². The molecule has 0 aliphatic rings. The van der Waals surface area contributed by atoms with Crippen molar-refractivity contribution in [2.75, 3.05) is 13.7 Å². The molecule has 0 unspecified atom stereocenters. The van der Waals surface area contributed by atoms with E-state index in [1.54, 1.807) is 6.07 Å². The predicted molar refractivity (Wildman–Crippen MR) is 205 cm³/mol. The predicted octanol–water partition coefficient (Wildman–Crippen LogP) is 7.80. The van der Waals surface area contributed by atoms with Crippen LogP contribution in [-0.4, -0.2) is 35.3 Å². The molecule has 0 saturated carbocycles. The zero-order valence-electron chi connectivity index (χ0n) is 29.6. The quantitative estimate of drug-likeness (QED) is 0.0760. The van der Waals surface area contributed by atoms with Gasteiger partial charge in [-0.15, -0.1) is 0 Å². The second kappa shape index (κ2) is 14.6. The first-order valence-corrected chi connectivity index (χ1v) is 20.5. The van der Waals surface area contributed by atoms with Gasteiger partial charge in [-0.1, -0.05) is 175 Å². The van der Waals surface area contributed by atoms with Crippen molar-refractivity contribution in [1.82, 2.24) is 0 Å². The largest absolute Gasteiger partial charge is 0.490 e. The van der Waals surface area contributed by atoms with E-state index in [2.05, 4.69) is 139 Å². The molecule has 6 nitrogen and oxygen atoms in total. The van der Waals surface area contributed by atoms with E-state index in [9.17, 15) is 10.1 Å². The number of rotatable bonds is 12. The number of hydrogen-bond acceptors (Lipinski definition) is 5. The Morgan fingerprint density at radius 3 is 1.33 bits per heavy atom. The fourth-order valence-corrected chi connectivity index (χ4v) is 16.4. The minimum absolute atomic E-state index is 0.110. The van der Waals surface area contributed by atoms with Crippen molar-refractivity contribution in [3.05, 3.63) is 155 Å². The van der Waals surface area contributed by atoms with Gasteiger partial charge in [0, 0.05) is 11.6 Å². The number of benzene rings is 5. The number of ether oxygens (including phenoxy) is 1. The second-order valence-electron chi connectivity index (χ2n) is 14.4. The summed E-state index contributed by atoms with van der Waals surface area (Å²) in [5.41, 5.74) is 0.476. The maximum atomic E-state index is 12.3. The van der Waals surface area contributed by atoms with Gasteiger partial charge in [0.1, 0.15) is 0 Å². The lowest BCUT2D eigenvalue weighted by molar-refractivity contribution is -0.385. The minimum atomic E-state index is -3.17. The van der Waals surface area contributed by atoms with Crippen molar-refractivity contribution in [2.24, 2.45) is 0 Å². The number of para-hydroxylation sites is 1. The normalized spacial score (nSPS) is 13.1. The van der Waals surface area contributed by atoms with E-state index in [0.29, 0.717) is 5.56 Å². The Hall–Kier alpha value is -4.35. The first-order valence-electron chi connectivity index (χ1n) is 16.7. The van der Waals surface area contributed by atoms with Gasteiger partial charge in [0.2, 0.25) is 5.75 Å². The fraction of sp³-hybridized carbons (Fsp3) is 0.268. The first kappa shape index (κ1) is 35.9. The van der Waals surface area contributed by atoms with Crippen molar-refractivity contribution in [3.63, 3.8) is 0 Å². The molecule has 0 radical (unpaired) electrons. The van der Waals surface area contributed by atoms with Gasteiger partial charge in [-0.2, -0.15) is 0 Å². The van der Waals surface area contributed by atoms with Crippen LogP contribution >= 0.6 is 0 Å². The minimum Gasteiger partial charge on any atom is -0.490 e. The van der Waals surface area contributed by atoms with E-state index in [-0.39, 0.29) is 28.1 Å². The summed E-state index contributed by atoms with van der Waals surface area (Å²) in [7, 11) is -4.71. The van der Waals surface area contributed by atoms with E-state index in [1.807, 2.05) is 30.3 Å². The van der Waals surface area contributed by atoms with Crippen LogP contribution in [-0.2, 0) is 8.85 Å². The lowest BCUT2D eigenvalue weighted by Crippen LogP contribution is -2.68. The molecule has 0 aliphatic heterocycles. The second-order valence-corrected chi connectivity index (χ2v) is 23.0. The number of hydrogen-bond donors (Lipinski definition) is 0. The summed E-state index contributed by atoms with van der Waals surface area (Å²) in [4.78, 5) is 11.9. The molecule has 0 aromatic heterocycles.